The Hall–Kier alpha value is -2.31. The van der Waals surface area contributed by atoms with Gasteiger partial charge in [-0.2, -0.15) is 0 Å². The van der Waals surface area contributed by atoms with Crippen LogP contribution in [0.3, 0.4) is 0 Å². The normalized spacial score (nSPS) is 11.7. The van der Waals surface area contributed by atoms with Crippen LogP contribution in [0.15, 0.2) is 22.7 Å². The third kappa shape index (κ3) is 2.52. The van der Waals surface area contributed by atoms with E-state index in [9.17, 15) is 18.0 Å². The zero-order valence-electron chi connectivity index (χ0n) is 10.6. The van der Waals surface area contributed by atoms with Crippen molar-refractivity contribution >= 4 is 5.97 Å². The van der Waals surface area contributed by atoms with Crippen LogP contribution in [0.4, 0.5) is 13.2 Å². The number of halogens is 3. The number of rotatable bonds is 3. The number of aromatic nitrogens is 1. The molecule has 0 saturated heterocycles. The van der Waals surface area contributed by atoms with E-state index in [4.69, 9.17) is 5.11 Å². The molecule has 0 unspecified atom stereocenters. The number of carboxylic acid groups (broad SMARTS) is 1. The van der Waals surface area contributed by atoms with Crippen molar-refractivity contribution < 1.29 is 27.6 Å². The lowest BCUT2D eigenvalue weighted by Gasteiger charge is -2.16. The molecule has 2 rings (SSSR count). The zero-order valence-corrected chi connectivity index (χ0v) is 10.6. The van der Waals surface area contributed by atoms with Crippen LogP contribution >= 0.6 is 0 Å². The number of aromatic carboxylic acids is 1. The molecule has 0 aliphatic rings. The first kappa shape index (κ1) is 14.1. The summed E-state index contributed by atoms with van der Waals surface area (Å²) in [5, 5.41) is 11.9. The maximum Gasteiger partial charge on any atom is 0.358 e. The second-order valence-corrected chi connectivity index (χ2v) is 4.67. The summed E-state index contributed by atoms with van der Waals surface area (Å²) in [6, 6.07) is 2.74. The summed E-state index contributed by atoms with van der Waals surface area (Å²) in [7, 11) is 0. The Morgan fingerprint density at radius 3 is 2.45 bits per heavy atom. The smallest absolute Gasteiger partial charge is 0.358 e. The van der Waals surface area contributed by atoms with E-state index in [0.29, 0.717) is 0 Å². The SMILES string of the molecule is CC(C)(F)c1cc(F)c(F)c(-c2cc(C(=O)O)no2)c1. The van der Waals surface area contributed by atoms with E-state index in [1.54, 1.807) is 0 Å². The van der Waals surface area contributed by atoms with Gasteiger partial charge in [0.05, 0.1) is 5.56 Å². The average molecular weight is 285 g/mol. The molecule has 1 N–H and O–H groups in total. The van der Waals surface area contributed by atoms with Crippen molar-refractivity contribution in [1.29, 1.82) is 0 Å². The van der Waals surface area contributed by atoms with Crippen LogP contribution < -0.4 is 0 Å². The van der Waals surface area contributed by atoms with E-state index in [2.05, 4.69) is 9.68 Å². The highest BCUT2D eigenvalue weighted by molar-refractivity contribution is 5.86. The number of carbonyl (C=O) groups is 1. The fourth-order valence-corrected chi connectivity index (χ4v) is 1.61. The second kappa shape index (κ2) is 4.66. The first-order valence-corrected chi connectivity index (χ1v) is 5.59. The minimum atomic E-state index is -1.89. The molecular formula is C13H10F3NO3. The topological polar surface area (TPSA) is 63.3 Å². The van der Waals surface area contributed by atoms with Crippen LogP contribution in [0.2, 0.25) is 0 Å². The molecule has 20 heavy (non-hydrogen) atoms. The van der Waals surface area contributed by atoms with E-state index in [1.165, 1.54) is 13.8 Å². The number of nitrogens with zero attached hydrogens (tertiary/aromatic N) is 1. The van der Waals surface area contributed by atoms with Gasteiger partial charge in [-0.1, -0.05) is 5.16 Å². The lowest BCUT2D eigenvalue weighted by molar-refractivity contribution is 0.0686. The third-order valence-electron chi connectivity index (χ3n) is 2.71. The maximum atomic E-state index is 13.8. The van der Waals surface area contributed by atoms with Crippen molar-refractivity contribution in [2.24, 2.45) is 0 Å². The van der Waals surface area contributed by atoms with Gasteiger partial charge in [0, 0.05) is 6.07 Å². The highest BCUT2D eigenvalue weighted by Gasteiger charge is 2.25. The number of hydrogen-bond acceptors (Lipinski definition) is 3. The summed E-state index contributed by atoms with van der Waals surface area (Å²) in [6.07, 6.45) is 0. The Morgan fingerprint density at radius 1 is 1.30 bits per heavy atom. The van der Waals surface area contributed by atoms with Crippen LogP contribution in [0.25, 0.3) is 11.3 Å². The molecule has 2 aromatic rings. The van der Waals surface area contributed by atoms with Crippen LogP contribution in [-0.2, 0) is 5.67 Å². The number of hydrogen-bond donors (Lipinski definition) is 1. The van der Waals surface area contributed by atoms with E-state index in [1.807, 2.05) is 0 Å². The minimum Gasteiger partial charge on any atom is -0.476 e. The molecular weight excluding hydrogens is 275 g/mol. The van der Waals surface area contributed by atoms with Crippen LogP contribution in [-0.4, -0.2) is 16.2 Å². The molecule has 1 aromatic heterocycles. The van der Waals surface area contributed by atoms with Crippen molar-refractivity contribution in [2.45, 2.75) is 19.5 Å². The van der Waals surface area contributed by atoms with E-state index < -0.39 is 29.0 Å². The van der Waals surface area contributed by atoms with Gasteiger partial charge in [0.15, 0.2) is 23.1 Å². The van der Waals surface area contributed by atoms with Gasteiger partial charge < -0.3 is 9.63 Å². The van der Waals surface area contributed by atoms with Crippen molar-refractivity contribution in [1.82, 2.24) is 5.16 Å². The number of benzene rings is 1. The highest BCUT2D eigenvalue weighted by atomic mass is 19.2. The third-order valence-corrected chi connectivity index (χ3v) is 2.71. The Labute approximate surface area is 111 Å². The summed E-state index contributed by atoms with van der Waals surface area (Å²) < 4.78 is 45.7. The van der Waals surface area contributed by atoms with Gasteiger partial charge in [-0.3, -0.25) is 0 Å². The molecule has 0 fully saturated rings. The van der Waals surface area contributed by atoms with Crippen LogP contribution in [0.5, 0.6) is 0 Å². The fraction of sp³-hybridized carbons (Fsp3) is 0.231. The van der Waals surface area contributed by atoms with Gasteiger partial charge in [-0.15, -0.1) is 0 Å². The molecule has 4 nitrogen and oxygen atoms in total. The molecule has 0 spiro atoms. The largest absolute Gasteiger partial charge is 0.476 e. The Morgan fingerprint density at radius 2 is 1.95 bits per heavy atom. The monoisotopic (exact) mass is 285 g/mol. The molecule has 0 bridgehead atoms. The van der Waals surface area contributed by atoms with Crippen LogP contribution in [0.1, 0.15) is 29.9 Å². The quantitative estimate of drug-likeness (QED) is 0.937. The highest BCUT2D eigenvalue weighted by Crippen LogP contribution is 2.32. The molecule has 1 aromatic carbocycles. The molecule has 106 valence electrons. The van der Waals surface area contributed by atoms with E-state index in [0.717, 1.165) is 18.2 Å². The number of carboxylic acids is 1. The molecule has 7 heteroatoms. The first-order chi connectivity index (χ1) is 9.20. The molecule has 0 aliphatic carbocycles. The lowest BCUT2D eigenvalue weighted by Crippen LogP contribution is -2.10. The van der Waals surface area contributed by atoms with Crippen molar-refractivity contribution in [3.8, 4) is 11.3 Å². The van der Waals surface area contributed by atoms with Crippen molar-refractivity contribution in [3.05, 3.63) is 41.1 Å². The maximum absolute atomic E-state index is 13.8. The summed E-state index contributed by atoms with van der Waals surface area (Å²) in [6.45, 7) is 2.37. The second-order valence-electron chi connectivity index (χ2n) is 4.67. The minimum absolute atomic E-state index is 0.0975. The Bertz CT molecular complexity index is 674. The summed E-state index contributed by atoms with van der Waals surface area (Å²) in [5.74, 6) is -4.17. The molecule has 0 amide bonds. The zero-order chi connectivity index (χ0) is 15.1. The first-order valence-electron chi connectivity index (χ1n) is 5.59. The van der Waals surface area contributed by atoms with E-state index in [-0.39, 0.29) is 16.9 Å². The Kier molecular flexibility index (Phi) is 3.29. The molecule has 1 heterocycles. The van der Waals surface area contributed by atoms with Gasteiger partial charge in [-0.25, -0.2) is 18.0 Å². The molecule has 0 atom stereocenters. The van der Waals surface area contributed by atoms with Gasteiger partial charge in [0.2, 0.25) is 0 Å². The molecule has 0 aliphatic heterocycles. The van der Waals surface area contributed by atoms with Gasteiger partial charge in [-0.05, 0) is 31.5 Å². The summed E-state index contributed by atoms with van der Waals surface area (Å²) >= 11 is 0. The van der Waals surface area contributed by atoms with Crippen LogP contribution in [0, 0.1) is 11.6 Å². The standard InChI is InChI=1S/C13H10F3NO3/c1-13(2,16)6-3-7(11(15)8(14)4-6)10-5-9(12(18)19)17-20-10/h3-5H,1-2H3,(H,18,19). The molecule has 0 saturated carbocycles. The van der Waals surface area contributed by atoms with Gasteiger partial charge in [0.25, 0.3) is 0 Å². The molecule has 0 radical (unpaired) electrons. The summed E-state index contributed by atoms with van der Waals surface area (Å²) in [4.78, 5) is 10.7. The van der Waals surface area contributed by atoms with Crippen molar-refractivity contribution in [3.63, 3.8) is 0 Å². The van der Waals surface area contributed by atoms with Crippen molar-refractivity contribution in [2.75, 3.05) is 0 Å². The van der Waals surface area contributed by atoms with Gasteiger partial charge >= 0.3 is 5.97 Å². The Balaban J connectivity index is 2.60. The lowest BCUT2D eigenvalue weighted by atomic mass is 9.96. The van der Waals surface area contributed by atoms with E-state index >= 15 is 0 Å². The fourth-order valence-electron chi connectivity index (χ4n) is 1.61. The average Bonchev–Trinajstić information content (AvgIpc) is 2.80. The predicted molar refractivity (Wildman–Crippen MR) is 62.9 cm³/mol. The predicted octanol–water partition coefficient (Wildman–Crippen LogP) is 3.52. The van der Waals surface area contributed by atoms with Gasteiger partial charge in [0.1, 0.15) is 5.67 Å². The number of alkyl halides is 1. The summed E-state index contributed by atoms with van der Waals surface area (Å²) in [5.41, 5.74) is -2.83.